The molecule has 0 saturated carbocycles. The molecule has 6 heteroatoms. The van der Waals surface area contributed by atoms with E-state index in [-0.39, 0.29) is 11.5 Å². The molecule has 4 nitrogen and oxygen atoms in total. The molecular formula is C18H16ClFN2O2. The van der Waals surface area contributed by atoms with Gasteiger partial charge in [0, 0.05) is 17.3 Å². The summed E-state index contributed by atoms with van der Waals surface area (Å²) >= 11 is 5.82. The van der Waals surface area contributed by atoms with Crippen LogP contribution in [0.3, 0.4) is 0 Å². The lowest BCUT2D eigenvalue weighted by atomic mass is 10.1. The summed E-state index contributed by atoms with van der Waals surface area (Å²) in [5, 5.41) is 3.35. The van der Waals surface area contributed by atoms with Gasteiger partial charge in [-0.25, -0.2) is 4.39 Å². The minimum atomic E-state index is -0.604. The van der Waals surface area contributed by atoms with E-state index in [1.807, 2.05) is 0 Å². The van der Waals surface area contributed by atoms with Crippen molar-refractivity contribution in [3.8, 4) is 0 Å². The first-order valence-electron chi connectivity index (χ1n) is 7.68. The van der Waals surface area contributed by atoms with E-state index in [9.17, 15) is 14.0 Å². The predicted octanol–water partition coefficient (Wildman–Crippen LogP) is 3.72. The van der Waals surface area contributed by atoms with Crippen molar-refractivity contribution in [1.82, 2.24) is 4.90 Å². The van der Waals surface area contributed by atoms with Crippen molar-refractivity contribution in [2.24, 2.45) is 0 Å². The molecule has 1 heterocycles. The van der Waals surface area contributed by atoms with Crippen LogP contribution in [-0.2, 0) is 4.79 Å². The van der Waals surface area contributed by atoms with E-state index >= 15 is 0 Å². The van der Waals surface area contributed by atoms with Crippen LogP contribution in [0, 0.1) is 5.82 Å². The third-order valence-electron chi connectivity index (χ3n) is 4.03. The Balaban J connectivity index is 1.75. The Hall–Kier alpha value is -2.40. The third-order valence-corrected chi connectivity index (χ3v) is 4.28. The van der Waals surface area contributed by atoms with Gasteiger partial charge in [0.1, 0.15) is 11.9 Å². The first-order valence-corrected chi connectivity index (χ1v) is 8.06. The Morgan fingerprint density at radius 2 is 1.83 bits per heavy atom. The Morgan fingerprint density at radius 3 is 2.54 bits per heavy atom. The molecule has 2 amide bonds. The SMILES string of the molecule is O=C(Nc1ccc(Cl)cc1)[C@H]1CCCN1C(=O)c1ccccc1F. The zero-order valence-corrected chi connectivity index (χ0v) is 13.6. The number of carbonyl (C=O) groups excluding carboxylic acids is 2. The summed E-state index contributed by atoms with van der Waals surface area (Å²) in [7, 11) is 0. The van der Waals surface area contributed by atoms with E-state index in [0.29, 0.717) is 30.1 Å². The number of rotatable bonds is 3. The lowest BCUT2D eigenvalue weighted by Crippen LogP contribution is -2.43. The van der Waals surface area contributed by atoms with Gasteiger partial charge in [-0.2, -0.15) is 0 Å². The summed E-state index contributed by atoms with van der Waals surface area (Å²) in [6.45, 7) is 0.436. The largest absolute Gasteiger partial charge is 0.327 e. The quantitative estimate of drug-likeness (QED) is 0.920. The van der Waals surface area contributed by atoms with Crippen molar-refractivity contribution in [3.05, 3.63) is 64.9 Å². The maximum atomic E-state index is 13.8. The highest BCUT2D eigenvalue weighted by Gasteiger charge is 2.35. The average molecular weight is 347 g/mol. The summed E-state index contributed by atoms with van der Waals surface area (Å²) in [6, 6.07) is 11.9. The van der Waals surface area contributed by atoms with E-state index in [1.165, 1.54) is 23.1 Å². The Bertz CT molecular complexity index is 764. The highest BCUT2D eigenvalue weighted by Crippen LogP contribution is 2.23. The van der Waals surface area contributed by atoms with Gasteiger partial charge in [-0.15, -0.1) is 0 Å². The molecule has 1 aliphatic rings. The van der Waals surface area contributed by atoms with Crippen LogP contribution < -0.4 is 5.32 Å². The molecular weight excluding hydrogens is 331 g/mol. The minimum Gasteiger partial charge on any atom is -0.327 e. The molecule has 2 aromatic carbocycles. The van der Waals surface area contributed by atoms with Crippen LogP contribution in [0.2, 0.25) is 5.02 Å². The fourth-order valence-electron chi connectivity index (χ4n) is 2.83. The van der Waals surface area contributed by atoms with Gasteiger partial charge in [-0.05, 0) is 49.2 Å². The molecule has 0 spiro atoms. The van der Waals surface area contributed by atoms with Gasteiger partial charge in [0.25, 0.3) is 5.91 Å². The van der Waals surface area contributed by atoms with Crippen molar-refractivity contribution >= 4 is 29.1 Å². The van der Waals surface area contributed by atoms with E-state index in [4.69, 9.17) is 11.6 Å². The number of hydrogen-bond donors (Lipinski definition) is 1. The first kappa shape index (κ1) is 16.5. The van der Waals surface area contributed by atoms with Gasteiger partial charge in [0.15, 0.2) is 0 Å². The second kappa shape index (κ2) is 7.01. The molecule has 1 atom stereocenters. The van der Waals surface area contributed by atoms with Crippen LogP contribution in [-0.4, -0.2) is 29.3 Å². The number of carbonyl (C=O) groups is 2. The van der Waals surface area contributed by atoms with Gasteiger partial charge in [-0.1, -0.05) is 23.7 Å². The maximum absolute atomic E-state index is 13.8. The van der Waals surface area contributed by atoms with Crippen molar-refractivity contribution in [2.75, 3.05) is 11.9 Å². The molecule has 1 N–H and O–H groups in total. The van der Waals surface area contributed by atoms with Gasteiger partial charge in [0.05, 0.1) is 5.56 Å². The molecule has 1 aliphatic heterocycles. The van der Waals surface area contributed by atoms with Crippen LogP contribution >= 0.6 is 11.6 Å². The predicted molar refractivity (Wildman–Crippen MR) is 90.5 cm³/mol. The van der Waals surface area contributed by atoms with Crippen molar-refractivity contribution in [1.29, 1.82) is 0 Å². The lowest BCUT2D eigenvalue weighted by molar-refractivity contribution is -0.119. The zero-order chi connectivity index (χ0) is 17.1. The molecule has 3 rings (SSSR count). The van der Waals surface area contributed by atoms with Crippen LogP contribution in [0.5, 0.6) is 0 Å². The number of anilines is 1. The molecule has 0 bridgehead atoms. The Kier molecular flexibility index (Phi) is 4.81. The highest BCUT2D eigenvalue weighted by molar-refractivity contribution is 6.30. The van der Waals surface area contributed by atoms with Crippen LogP contribution in [0.4, 0.5) is 10.1 Å². The number of nitrogens with zero attached hydrogens (tertiary/aromatic N) is 1. The molecule has 24 heavy (non-hydrogen) atoms. The lowest BCUT2D eigenvalue weighted by Gasteiger charge is -2.24. The van der Waals surface area contributed by atoms with E-state index in [2.05, 4.69) is 5.32 Å². The van der Waals surface area contributed by atoms with Gasteiger partial charge < -0.3 is 10.2 Å². The van der Waals surface area contributed by atoms with Gasteiger partial charge in [0.2, 0.25) is 5.91 Å². The third kappa shape index (κ3) is 3.41. The van der Waals surface area contributed by atoms with Gasteiger partial charge in [-0.3, -0.25) is 9.59 Å². The molecule has 1 fully saturated rings. The van der Waals surface area contributed by atoms with Crippen molar-refractivity contribution in [2.45, 2.75) is 18.9 Å². The Labute approximate surface area is 144 Å². The average Bonchev–Trinajstić information content (AvgIpc) is 3.06. The zero-order valence-electron chi connectivity index (χ0n) is 12.8. The summed E-state index contributed by atoms with van der Waals surface area (Å²) in [5.74, 6) is -1.31. The number of halogens is 2. The summed E-state index contributed by atoms with van der Waals surface area (Å²) < 4.78 is 13.8. The number of benzene rings is 2. The van der Waals surface area contributed by atoms with E-state index < -0.39 is 17.8 Å². The molecule has 0 radical (unpaired) electrons. The normalized spacial score (nSPS) is 16.9. The number of hydrogen-bond acceptors (Lipinski definition) is 2. The smallest absolute Gasteiger partial charge is 0.257 e. The van der Waals surface area contributed by atoms with Crippen LogP contribution in [0.25, 0.3) is 0 Å². The first-order chi connectivity index (χ1) is 11.6. The maximum Gasteiger partial charge on any atom is 0.257 e. The van der Waals surface area contributed by atoms with Crippen molar-refractivity contribution < 1.29 is 14.0 Å². The monoisotopic (exact) mass is 346 g/mol. The Morgan fingerprint density at radius 1 is 1.12 bits per heavy atom. The number of amides is 2. The molecule has 2 aromatic rings. The van der Waals surface area contributed by atoms with Crippen LogP contribution in [0.1, 0.15) is 23.2 Å². The van der Waals surface area contributed by atoms with Crippen molar-refractivity contribution in [3.63, 3.8) is 0 Å². The summed E-state index contributed by atoms with van der Waals surface area (Å²) in [6.07, 6.45) is 1.26. The van der Waals surface area contributed by atoms with Crippen LogP contribution in [0.15, 0.2) is 48.5 Å². The molecule has 124 valence electrons. The summed E-state index contributed by atoms with van der Waals surface area (Å²) in [4.78, 5) is 26.5. The topological polar surface area (TPSA) is 49.4 Å². The molecule has 0 aromatic heterocycles. The molecule has 0 unspecified atom stereocenters. The van der Waals surface area contributed by atoms with E-state index in [0.717, 1.165) is 0 Å². The van der Waals surface area contributed by atoms with Gasteiger partial charge >= 0.3 is 0 Å². The number of nitrogens with one attached hydrogen (secondary N) is 1. The second-order valence-corrected chi connectivity index (χ2v) is 6.07. The van der Waals surface area contributed by atoms with E-state index in [1.54, 1.807) is 30.3 Å². The molecule has 1 saturated heterocycles. The fraction of sp³-hybridized carbons (Fsp3) is 0.222. The standard InChI is InChI=1S/C18H16ClFN2O2/c19-12-7-9-13(10-8-12)21-17(23)16-6-3-11-22(16)18(24)14-4-1-2-5-15(14)20/h1-2,4-5,7-10,16H,3,6,11H2,(H,21,23)/t16-/m1/s1. The second-order valence-electron chi connectivity index (χ2n) is 5.63. The minimum absolute atomic E-state index is 0.0105. The number of likely N-dealkylation sites (tertiary alicyclic amines) is 1. The molecule has 0 aliphatic carbocycles. The fourth-order valence-corrected chi connectivity index (χ4v) is 2.96. The summed E-state index contributed by atoms with van der Waals surface area (Å²) in [5.41, 5.74) is 0.596. The highest BCUT2D eigenvalue weighted by atomic mass is 35.5.